The maximum absolute atomic E-state index is 12.1. The molecule has 0 aliphatic rings. The van der Waals surface area contributed by atoms with Gasteiger partial charge in [0.1, 0.15) is 6.04 Å². The second-order valence-electron chi connectivity index (χ2n) is 4.34. The Hall–Kier alpha value is -0.880. The number of hydrogen-bond donors (Lipinski definition) is 1. The van der Waals surface area contributed by atoms with E-state index in [1.165, 1.54) is 7.11 Å². The molecule has 0 heterocycles. The van der Waals surface area contributed by atoms with Crippen LogP contribution in [0.1, 0.15) is 24.2 Å². The van der Waals surface area contributed by atoms with E-state index in [4.69, 9.17) is 0 Å². The summed E-state index contributed by atoms with van der Waals surface area (Å²) >= 11 is 6.64. The van der Waals surface area contributed by atoms with Crippen LogP contribution in [0.2, 0.25) is 0 Å². The number of hydrogen-bond acceptors (Lipinski definition) is 3. The standard InChI is InChI=1S/C13H15Br2NO3/c1-7(2)11(13(18)19-3)16-12(17)9-5-4-8(14)6-10(9)15/h4-7,11H,1-3H3,(H,16,17). The van der Waals surface area contributed by atoms with Gasteiger partial charge in [-0.05, 0) is 40.0 Å². The number of methoxy groups -OCH3 is 1. The lowest BCUT2D eigenvalue weighted by molar-refractivity contribution is -0.144. The molecule has 0 spiro atoms. The first-order chi connectivity index (χ1) is 8.86. The molecule has 1 atom stereocenters. The van der Waals surface area contributed by atoms with Crippen LogP contribution in [0.4, 0.5) is 0 Å². The minimum atomic E-state index is -0.659. The number of carbonyl (C=O) groups is 2. The summed E-state index contributed by atoms with van der Waals surface area (Å²) in [5, 5.41) is 2.68. The summed E-state index contributed by atoms with van der Waals surface area (Å²) in [6, 6.07) is 4.56. The minimum Gasteiger partial charge on any atom is -0.467 e. The molecule has 1 aromatic rings. The summed E-state index contributed by atoms with van der Waals surface area (Å²) in [7, 11) is 1.30. The van der Waals surface area contributed by atoms with Crippen LogP contribution in [0.5, 0.6) is 0 Å². The Labute approximate surface area is 129 Å². The summed E-state index contributed by atoms with van der Waals surface area (Å²) in [5.41, 5.74) is 0.470. The maximum atomic E-state index is 12.1. The molecular formula is C13H15Br2NO3. The third kappa shape index (κ3) is 4.31. The van der Waals surface area contributed by atoms with Crippen LogP contribution < -0.4 is 5.32 Å². The summed E-state index contributed by atoms with van der Waals surface area (Å²) < 4.78 is 6.21. The number of esters is 1. The van der Waals surface area contributed by atoms with Crippen molar-refractivity contribution in [3.8, 4) is 0 Å². The summed E-state index contributed by atoms with van der Waals surface area (Å²) in [6.07, 6.45) is 0. The molecule has 1 aromatic carbocycles. The molecule has 0 fully saturated rings. The topological polar surface area (TPSA) is 55.4 Å². The first-order valence-corrected chi connectivity index (χ1v) is 7.29. The molecule has 1 rings (SSSR count). The second-order valence-corrected chi connectivity index (χ2v) is 6.11. The molecule has 0 aromatic heterocycles. The van der Waals surface area contributed by atoms with Crippen molar-refractivity contribution in [1.82, 2.24) is 5.32 Å². The Balaban J connectivity index is 2.91. The molecule has 4 nitrogen and oxygen atoms in total. The molecule has 0 radical (unpaired) electrons. The van der Waals surface area contributed by atoms with Gasteiger partial charge in [0.25, 0.3) is 5.91 Å². The Morgan fingerprint density at radius 1 is 1.26 bits per heavy atom. The number of nitrogens with one attached hydrogen (secondary N) is 1. The van der Waals surface area contributed by atoms with E-state index >= 15 is 0 Å². The average Bonchev–Trinajstić information content (AvgIpc) is 2.34. The summed E-state index contributed by atoms with van der Waals surface area (Å²) in [5.74, 6) is -0.814. The fraction of sp³-hybridized carbons (Fsp3) is 0.385. The van der Waals surface area contributed by atoms with Crippen molar-refractivity contribution >= 4 is 43.7 Å². The minimum absolute atomic E-state index is 0.0503. The number of amides is 1. The molecule has 1 amide bonds. The molecule has 104 valence electrons. The summed E-state index contributed by atoms with van der Waals surface area (Å²) in [4.78, 5) is 23.8. The molecule has 0 aliphatic heterocycles. The van der Waals surface area contributed by atoms with E-state index in [1.807, 2.05) is 13.8 Å². The van der Waals surface area contributed by atoms with Gasteiger partial charge < -0.3 is 10.1 Å². The van der Waals surface area contributed by atoms with Crippen molar-refractivity contribution in [2.75, 3.05) is 7.11 Å². The van der Waals surface area contributed by atoms with Gasteiger partial charge in [-0.1, -0.05) is 29.8 Å². The predicted octanol–water partition coefficient (Wildman–Crippen LogP) is 3.14. The van der Waals surface area contributed by atoms with Crippen molar-refractivity contribution in [2.24, 2.45) is 5.92 Å². The summed E-state index contributed by atoms with van der Waals surface area (Å²) in [6.45, 7) is 3.69. The lowest BCUT2D eigenvalue weighted by atomic mass is 10.0. The van der Waals surface area contributed by atoms with Gasteiger partial charge in [-0.15, -0.1) is 0 Å². The SMILES string of the molecule is COC(=O)C(NC(=O)c1ccc(Br)cc1Br)C(C)C. The molecule has 19 heavy (non-hydrogen) atoms. The highest BCUT2D eigenvalue weighted by molar-refractivity contribution is 9.11. The van der Waals surface area contributed by atoms with Crippen molar-refractivity contribution in [2.45, 2.75) is 19.9 Å². The number of benzene rings is 1. The third-order valence-electron chi connectivity index (χ3n) is 2.58. The van der Waals surface area contributed by atoms with Gasteiger partial charge in [-0.3, -0.25) is 4.79 Å². The lowest BCUT2D eigenvalue weighted by Gasteiger charge is -2.20. The van der Waals surface area contributed by atoms with E-state index in [0.29, 0.717) is 10.0 Å². The normalized spacial score (nSPS) is 12.1. The van der Waals surface area contributed by atoms with Crippen molar-refractivity contribution < 1.29 is 14.3 Å². The van der Waals surface area contributed by atoms with Crippen LogP contribution in [0.3, 0.4) is 0 Å². The zero-order chi connectivity index (χ0) is 14.6. The Morgan fingerprint density at radius 3 is 2.37 bits per heavy atom. The van der Waals surface area contributed by atoms with E-state index in [1.54, 1.807) is 18.2 Å². The van der Waals surface area contributed by atoms with Crippen LogP contribution >= 0.6 is 31.9 Å². The predicted molar refractivity (Wildman–Crippen MR) is 80.0 cm³/mol. The quantitative estimate of drug-likeness (QED) is 0.800. The number of carbonyl (C=O) groups excluding carboxylic acids is 2. The van der Waals surface area contributed by atoms with Crippen molar-refractivity contribution in [1.29, 1.82) is 0 Å². The molecular weight excluding hydrogens is 378 g/mol. The van der Waals surface area contributed by atoms with Crippen LogP contribution in [-0.4, -0.2) is 25.0 Å². The second kappa shape index (κ2) is 7.05. The van der Waals surface area contributed by atoms with Crippen LogP contribution in [0.25, 0.3) is 0 Å². The third-order valence-corrected chi connectivity index (χ3v) is 3.73. The smallest absolute Gasteiger partial charge is 0.328 e. The largest absolute Gasteiger partial charge is 0.467 e. The fourth-order valence-electron chi connectivity index (χ4n) is 1.52. The van der Waals surface area contributed by atoms with Gasteiger partial charge in [0.05, 0.1) is 12.7 Å². The van der Waals surface area contributed by atoms with E-state index in [9.17, 15) is 9.59 Å². The Bertz CT molecular complexity index is 489. The molecule has 1 unspecified atom stereocenters. The Kier molecular flexibility index (Phi) is 6.00. The molecule has 0 saturated heterocycles. The monoisotopic (exact) mass is 391 g/mol. The van der Waals surface area contributed by atoms with Gasteiger partial charge in [-0.2, -0.15) is 0 Å². The molecule has 6 heteroatoms. The highest BCUT2D eigenvalue weighted by Crippen LogP contribution is 2.22. The zero-order valence-corrected chi connectivity index (χ0v) is 14.0. The van der Waals surface area contributed by atoms with E-state index in [0.717, 1.165) is 4.47 Å². The highest BCUT2D eigenvalue weighted by atomic mass is 79.9. The van der Waals surface area contributed by atoms with Crippen molar-refractivity contribution in [3.63, 3.8) is 0 Å². The molecule has 0 aliphatic carbocycles. The Morgan fingerprint density at radius 2 is 1.89 bits per heavy atom. The van der Waals surface area contributed by atoms with Gasteiger partial charge >= 0.3 is 5.97 Å². The number of rotatable bonds is 4. The van der Waals surface area contributed by atoms with E-state index in [2.05, 4.69) is 41.9 Å². The zero-order valence-electron chi connectivity index (χ0n) is 10.9. The first-order valence-electron chi connectivity index (χ1n) is 5.70. The molecule has 1 N–H and O–H groups in total. The molecule has 0 saturated carbocycles. The van der Waals surface area contributed by atoms with Gasteiger partial charge in [0.2, 0.25) is 0 Å². The molecule has 0 bridgehead atoms. The number of ether oxygens (including phenoxy) is 1. The maximum Gasteiger partial charge on any atom is 0.328 e. The van der Waals surface area contributed by atoms with E-state index in [-0.39, 0.29) is 11.8 Å². The van der Waals surface area contributed by atoms with Gasteiger partial charge in [-0.25, -0.2) is 4.79 Å². The fourth-order valence-corrected chi connectivity index (χ4v) is 2.74. The first kappa shape index (κ1) is 16.2. The average molecular weight is 393 g/mol. The van der Waals surface area contributed by atoms with Crippen LogP contribution in [-0.2, 0) is 9.53 Å². The van der Waals surface area contributed by atoms with Gasteiger partial charge in [0, 0.05) is 8.95 Å². The van der Waals surface area contributed by atoms with E-state index < -0.39 is 12.0 Å². The number of halogens is 2. The van der Waals surface area contributed by atoms with Crippen LogP contribution in [0, 0.1) is 5.92 Å². The van der Waals surface area contributed by atoms with Gasteiger partial charge in [0.15, 0.2) is 0 Å². The van der Waals surface area contributed by atoms with Crippen molar-refractivity contribution in [3.05, 3.63) is 32.7 Å². The highest BCUT2D eigenvalue weighted by Gasteiger charge is 2.25. The van der Waals surface area contributed by atoms with Crippen LogP contribution in [0.15, 0.2) is 27.1 Å². The lowest BCUT2D eigenvalue weighted by Crippen LogP contribution is -2.45.